The van der Waals surface area contributed by atoms with Crippen LogP contribution >= 0.6 is 27.3 Å². The Morgan fingerprint density at radius 3 is 3.12 bits per heavy atom. The van der Waals surface area contributed by atoms with Crippen molar-refractivity contribution >= 4 is 33.0 Å². The van der Waals surface area contributed by atoms with Crippen LogP contribution in [0.1, 0.15) is 11.8 Å². The summed E-state index contributed by atoms with van der Waals surface area (Å²) in [6.07, 6.45) is 1.73. The minimum absolute atomic E-state index is 0.621. The molecule has 0 atom stereocenters. The number of hydrogen-bond acceptors (Lipinski definition) is 4. The van der Waals surface area contributed by atoms with Crippen LogP contribution in [0.15, 0.2) is 34.2 Å². The van der Waals surface area contributed by atoms with Crippen molar-refractivity contribution in [3.05, 3.63) is 39.1 Å². The van der Waals surface area contributed by atoms with Gasteiger partial charge in [-0.3, -0.25) is 0 Å². The predicted molar refractivity (Wildman–Crippen MR) is 74.8 cm³/mol. The monoisotopic (exact) mass is 312 g/mol. The van der Waals surface area contributed by atoms with Crippen molar-refractivity contribution in [2.45, 2.75) is 13.5 Å². The van der Waals surface area contributed by atoms with E-state index in [1.165, 1.54) is 4.88 Å². The molecule has 0 radical (unpaired) electrons. The fraction of sp³-hybridized carbons (Fsp3) is 0.250. The molecule has 2 aromatic heterocycles. The van der Waals surface area contributed by atoms with Gasteiger partial charge in [-0.2, -0.15) is 0 Å². The number of thiophene rings is 1. The lowest BCUT2D eigenvalue weighted by Crippen LogP contribution is -2.02. The Morgan fingerprint density at radius 1 is 1.53 bits per heavy atom. The second-order valence-corrected chi connectivity index (χ2v) is 5.29. The smallest absolute Gasteiger partial charge is 0.237 e. The van der Waals surface area contributed by atoms with Gasteiger partial charge in [0.2, 0.25) is 5.88 Å². The number of hydrogen-bond donors (Lipinski definition) is 1. The lowest BCUT2D eigenvalue weighted by molar-refractivity contribution is 0.328. The Hall–Kier alpha value is -1.07. The Kier molecular flexibility index (Phi) is 4.39. The largest absolute Gasteiger partial charge is 0.476 e. The molecule has 0 saturated carbocycles. The van der Waals surface area contributed by atoms with Gasteiger partial charge >= 0.3 is 0 Å². The molecule has 0 saturated heterocycles. The number of rotatable bonds is 5. The molecule has 17 heavy (non-hydrogen) atoms. The number of pyridine rings is 1. The molecule has 1 N–H and O–H groups in total. The number of anilines is 1. The molecule has 3 nitrogen and oxygen atoms in total. The second kappa shape index (κ2) is 6.02. The topological polar surface area (TPSA) is 34.1 Å². The summed E-state index contributed by atoms with van der Waals surface area (Å²) in [5.41, 5.74) is 0.930. The molecule has 0 aromatic carbocycles. The molecule has 0 aliphatic heterocycles. The third-order valence-corrected chi connectivity index (χ3v) is 3.82. The maximum atomic E-state index is 5.45. The van der Waals surface area contributed by atoms with Crippen molar-refractivity contribution in [1.82, 2.24) is 4.98 Å². The Labute approximate surface area is 113 Å². The van der Waals surface area contributed by atoms with Crippen molar-refractivity contribution in [3.8, 4) is 5.88 Å². The fourth-order valence-corrected chi connectivity index (χ4v) is 2.80. The molecule has 90 valence electrons. The molecule has 0 unspecified atom stereocenters. The Balaban J connectivity index is 2.03. The highest BCUT2D eigenvalue weighted by molar-refractivity contribution is 9.10. The molecular weight excluding hydrogens is 300 g/mol. The van der Waals surface area contributed by atoms with Crippen LogP contribution in [0.5, 0.6) is 5.88 Å². The van der Waals surface area contributed by atoms with Crippen LogP contribution < -0.4 is 10.1 Å². The molecule has 0 aliphatic carbocycles. The summed E-state index contributed by atoms with van der Waals surface area (Å²) in [7, 11) is 0. The van der Waals surface area contributed by atoms with E-state index in [1.54, 1.807) is 17.5 Å². The van der Waals surface area contributed by atoms with E-state index in [-0.39, 0.29) is 0 Å². The number of nitrogens with zero attached hydrogens (tertiary/aromatic N) is 1. The highest BCUT2D eigenvalue weighted by Gasteiger charge is 2.04. The molecule has 2 aromatic rings. The van der Waals surface area contributed by atoms with E-state index in [9.17, 15) is 0 Å². The van der Waals surface area contributed by atoms with Crippen LogP contribution in [0.25, 0.3) is 0 Å². The van der Waals surface area contributed by atoms with E-state index in [0.717, 1.165) is 16.7 Å². The maximum Gasteiger partial charge on any atom is 0.237 e. The van der Waals surface area contributed by atoms with Gasteiger partial charge in [-0.25, -0.2) is 4.98 Å². The summed E-state index contributed by atoms with van der Waals surface area (Å²) >= 11 is 5.16. The Morgan fingerprint density at radius 2 is 2.41 bits per heavy atom. The van der Waals surface area contributed by atoms with Crippen molar-refractivity contribution in [1.29, 1.82) is 0 Å². The van der Waals surface area contributed by atoms with Gasteiger partial charge in [0, 0.05) is 27.5 Å². The molecule has 0 aliphatic rings. The molecule has 0 amide bonds. The second-order valence-electron chi connectivity index (χ2n) is 3.37. The molecule has 0 bridgehead atoms. The minimum atomic E-state index is 0.621. The van der Waals surface area contributed by atoms with Gasteiger partial charge in [0.05, 0.1) is 12.3 Å². The summed E-state index contributed by atoms with van der Waals surface area (Å²) < 4.78 is 6.57. The summed E-state index contributed by atoms with van der Waals surface area (Å²) in [5, 5.41) is 5.40. The predicted octanol–water partition coefficient (Wildman–Crippen LogP) is 3.92. The molecule has 0 fully saturated rings. The van der Waals surface area contributed by atoms with Crippen molar-refractivity contribution in [3.63, 3.8) is 0 Å². The highest BCUT2D eigenvalue weighted by Crippen LogP contribution is 2.24. The first-order valence-corrected chi connectivity index (χ1v) is 7.01. The van der Waals surface area contributed by atoms with Crippen LogP contribution in [-0.2, 0) is 6.54 Å². The number of aromatic nitrogens is 1. The minimum Gasteiger partial charge on any atom is -0.476 e. The first-order valence-electron chi connectivity index (χ1n) is 5.34. The van der Waals surface area contributed by atoms with E-state index in [1.807, 2.05) is 19.1 Å². The lowest BCUT2D eigenvalue weighted by atomic mass is 10.4. The van der Waals surface area contributed by atoms with Crippen molar-refractivity contribution < 1.29 is 4.74 Å². The fourth-order valence-electron chi connectivity index (χ4n) is 1.41. The zero-order valence-corrected chi connectivity index (χ0v) is 11.8. The van der Waals surface area contributed by atoms with E-state index < -0.39 is 0 Å². The van der Waals surface area contributed by atoms with Crippen LogP contribution in [0, 0.1) is 0 Å². The normalized spacial score (nSPS) is 10.2. The van der Waals surface area contributed by atoms with E-state index in [0.29, 0.717) is 12.5 Å². The third kappa shape index (κ3) is 3.44. The van der Waals surface area contributed by atoms with Crippen LogP contribution in [0.4, 0.5) is 5.69 Å². The summed E-state index contributed by atoms with van der Waals surface area (Å²) in [6, 6.07) is 5.98. The molecular formula is C12H13BrN2OS. The standard InChI is InChI=1S/C12H13BrN2OS/c1-2-16-12-11(4-3-5-14-12)15-7-10-6-9(13)8-17-10/h3-6,8,15H,2,7H2,1H3. The van der Waals surface area contributed by atoms with Gasteiger partial charge in [-0.1, -0.05) is 0 Å². The molecule has 5 heteroatoms. The number of nitrogens with one attached hydrogen (secondary N) is 1. The third-order valence-electron chi connectivity index (χ3n) is 2.13. The number of halogens is 1. The lowest BCUT2D eigenvalue weighted by Gasteiger charge is -2.09. The van der Waals surface area contributed by atoms with E-state index in [4.69, 9.17) is 4.74 Å². The van der Waals surface area contributed by atoms with E-state index >= 15 is 0 Å². The maximum absolute atomic E-state index is 5.45. The molecule has 2 rings (SSSR count). The van der Waals surface area contributed by atoms with Gasteiger partial charge in [0.1, 0.15) is 0 Å². The summed E-state index contributed by atoms with van der Waals surface area (Å²) in [6.45, 7) is 3.35. The van der Waals surface area contributed by atoms with E-state index in [2.05, 4.69) is 37.7 Å². The van der Waals surface area contributed by atoms with Crippen LogP contribution in [0.2, 0.25) is 0 Å². The average molecular weight is 313 g/mol. The molecule has 2 heterocycles. The van der Waals surface area contributed by atoms with Gasteiger partial charge < -0.3 is 10.1 Å². The average Bonchev–Trinajstić information content (AvgIpc) is 2.74. The zero-order valence-electron chi connectivity index (χ0n) is 9.44. The molecule has 0 spiro atoms. The zero-order chi connectivity index (χ0) is 12.1. The van der Waals surface area contributed by atoms with Gasteiger partial charge in [-0.15, -0.1) is 11.3 Å². The summed E-state index contributed by atoms with van der Waals surface area (Å²) in [5.74, 6) is 0.658. The number of ether oxygens (including phenoxy) is 1. The van der Waals surface area contributed by atoms with Crippen molar-refractivity contribution in [2.75, 3.05) is 11.9 Å². The van der Waals surface area contributed by atoms with Gasteiger partial charge in [0.15, 0.2) is 0 Å². The van der Waals surface area contributed by atoms with Crippen LogP contribution in [-0.4, -0.2) is 11.6 Å². The first kappa shape index (κ1) is 12.4. The van der Waals surface area contributed by atoms with Gasteiger partial charge in [0.25, 0.3) is 0 Å². The Bertz CT molecular complexity index is 487. The quantitative estimate of drug-likeness (QED) is 0.908. The summed E-state index contributed by atoms with van der Waals surface area (Å²) in [4.78, 5) is 5.46. The SMILES string of the molecule is CCOc1ncccc1NCc1cc(Br)cs1. The van der Waals surface area contributed by atoms with Crippen LogP contribution in [0.3, 0.4) is 0 Å². The van der Waals surface area contributed by atoms with Crippen molar-refractivity contribution in [2.24, 2.45) is 0 Å². The van der Waals surface area contributed by atoms with Gasteiger partial charge in [-0.05, 0) is 41.1 Å². The first-order chi connectivity index (χ1) is 8.29. The highest BCUT2D eigenvalue weighted by atomic mass is 79.9.